The summed E-state index contributed by atoms with van der Waals surface area (Å²) in [5.74, 6) is 0.461. The van der Waals surface area contributed by atoms with Crippen LogP contribution >= 0.6 is 23.2 Å². The highest BCUT2D eigenvalue weighted by atomic mass is 35.5. The Morgan fingerprint density at radius 3 is 2.80 bits per heavy atom. The van der Waals surface area contributed by atoms with E-state index in [0.29, 0.717) is 10.8 Å². The summed E-state index contributed by atoms with van der Waals surface area (Å²) in [5.41, 5.74) is 2.61. The molecule has 0 amide bonds. The minimum Gasteiger partial charge on any atom is -0.385 e. The van der Waals surface area contributed by atoms with E-state index >= 15 is 0 Å². The zero-order valence-corrected chi connectivity index (χ0v) is 12.5. The minimum atomic E-state index is 0.139. The Balaban J connectivity index is 2.34. The third-order valence-corrected chi connectivity index (χ3v) is 3.07. The normalized spacial score (nSPS) is 10.2. The molecular weight excluding hydrogens is 295 g/mol. The Hall–Kier alpha value is -1.78. The van der Waals surface area contributed by atoms with Crippen molar-refractivity contribution in [2.24, 2.45) is 0 Å². The number of benzene rings is 1. The molecule has 0 aliphatic heterocycles. The zero-order valence-electron chi connectivity index (χ0n) is 11.0. The molecule has 0 saturated heterocycles. The minimum absolute atomic E-state index is 0.139. The van der Waals surface area contributed by atoms with Crippen LogP contribution < -0.4 is 10.6 Å². The molecule has 2 rings (SSSR count). The second-order valence-corrected chi connectivity index (χ2v) is 4.76. The maximum atomic E-state index is 6.05. The number of hydrogen-bond acceptors (Lipinski definition) is 4. The average molecular weight is 309 g/mol. The van der Waals surface area contributed by atoms with E-state index < -0.39 is 0 Å². The van der Waals surface area contributed by atoms with E-state index in [1.807, 2.05) is 31.2 Å². The van der Waals surface area contributed by atoms with E-state index in [-0.39, 0.29) is 5.28 Å². The largest absolute Gasteiger partial charge is 0.385 e. The third-order valence-electron chi connectivity index (χ3n) is 2.61. The maximum absolute atomic E-state index is 6.05. The van der Waals surface area contributed by atoms with Gasteiger partial charge in [0, 0.05) is 23.5 Å². The number of hydrogen-bond donors (Lipinski definition) is 2. The van der Waals surface area contributed by atoms with Crippen LogP contribution in [-0.4, -0.2) is 16.5 Å². The average Bonchev–Trinajstić information content (AvgIpc) is 2.44. The van der Waals surface area contributed by atoms with Gasteiger partial charge in [0.05, 0.1) is 6.20 Å². The monoisotopic (exact) mass is 308 g/mol. The van der Waals surface area contributed by atoms with Crippen molar-refractivity contribution in [2.45, 2.75) is 6.92 Å². The molecule has 2 N–H and O–H groups in total. The molecule has 1 aromatic heterocycles. The van der Waals surface area contributed by atoms with Crippen LogP contribution in [0.4, 0.5) is 11.5 Å². The predicted molar refractivity (Wildman–Crippen MR) is 84.5 cm³/mol. The molecule has 6 heteroatoms. The highest BCUT2D eigenvalue weighted by Crippen LogP contribution is 2.28. The molecule has 104 valence electrons. The van der Waals surface area contributed by atoms with Gasteiger partial charge in [0.15, 0.2) is 5.82 Å². The molecular formula is C14H14Cl2N4. The topological polar surface area (TPSA) is 49.8 Å². The lowest BCUT2D eigenvalue weighted by Gasteiger charge is -2.14. The fourth-order valence-corrected chi connectivity index (χ4v) is 2.00. The highest BCUT2D eigenvalue weighted by molar-refractivity contribution is 6.33. The van der Waals surface area contributed by atoms with Gasteiger partial charge in [-0.25, -0.2) is 4.98 Å². The van der Waals surface area contributed by atoms with Crippen molar-refractivity contribution < 1.29 is 0 Å². The van der Waals surface area contributed by atoms with Crippen LogP contribution in [0.3, 0.4) is 0 Å². The van der Waals surface area contributed by atoms with Gasteiger partial charge < -0.3 is 10.6 Å². The molecule has 0 spiro atoms. The van der Waals surface area contributed by atoms with Gasteiger partial charge in [-0.15, -0.1) is 0 Å². The number of nitrogens with zero attached hydrogens (tertiary/aromatic N) is 2. The molecule has 20 heavy (non-hydrogen) atoms. The van der Waals surface area contributed by atoms with Gasteiger partial charge in [-0.3, -0.25) is 0 Å². The van der Waals surface area contributed by atoms with Crippen LogP contribution in [0.2, 0.25) is 10.3 Å². The lowest BCUT2D eigenvalue weighted by Crippen LogP contribution is -2.11. The first-order valence-electron chi connectivity index (χ1n) is 6.09. The Morgan fingerprint density at radius 1 is 1.30 bits per heavy atom. The van der Waals surface area contributed by atoms with Gasteiger partial charge in [0.2, 0.25) is 5.28 Å². The lowest BCUT2D eigenvalue weighted by molar-refractivity contribution is 0.942. The summed E-state index contributed by atoms with van der Waals surface area (Å²) >= 11 is 11.8. The molecule has 1 aromatic carbocycles. The smallest absolute Gasteiger partial charge is 0.224 e. The maximum Gasteiger partial charge on any atom is 0.224 e. The number of para-hydroxylation sites is 1. The van der Waals surface area contributed by atoms with Crippen molar-refractivity contribution in [1.82, 2.24) is 15.3 Å². The molecule has 4 nitrogen and oxygen atoms in total. The number of rotatable bonds is 5. The van der Waals surface area contributed by atoms with Gasteiger partial charge in [-0.1, -0.05) is 36.4 Å². The van der Waals surface area contributed by atoms with Gasteiger partial charge in [-0.05, 0) is 24.6 Å². The van der Waals surface area contributed by atoms with Crippen LogP contribution in [0.15, 0.2) is 37.0 Å². The Kier molecular flexibility index (Phi) is 4.82. The molecule has 0 saturated carbocycles. The summed E-state index contributed by atoms with van der Waals surface area (Å²) in [5, 5.41) is 6.88. The number of halogens is 2. The molecule has 0 aliphatic rings. The summed E-state index contributed by atoms with van der Waals surface area (Å²) in [6.07, 6.45) is 1.46. The van der Waals surface area contributed by atoms with Crippen molar-refractivity contribution in [2.75, 3.05) is 11.9 Å². The molecule has 0 radical (unpaired) electrons. The van der Waals surface area contributed by atoms with E-state index in [0.717, 1.165) is 23.5 Å². The molecule has 0 aliphatic carbocycles. The predicted octanol–water partition coefficient (Wildman–Crippen LogP) is 4.11. The Labute approximate surface area is 127 Å². The SMILES string of the molecule is C=C(NCC)c1ccccc1Nc1nc(Cl)ncc1Cl. The number of aromatic nitrogens is 2. The van der Waals surface area contributed by atoms with E-state index in [2.05, 4.69) is 27.2 Å². The summed E-state index contributed by atoms with van der Waals surface area (Å²) in [6.45, 7) is 6.83. The van der Waals surface area contributed by atoms with Crippen molar-refractivity contribution in [3.8, 4) is 0 Å². The first kappa shape index (κ1) is 14.6. The first-order valence-corrected chi connectivity index (χ1v) is 6.84. The summed E-state index contributed by atoms with van der Waals surface area (Å²) in [4.78, 5) is 7.90. The second-order valence-electron chi connectivity index (χ2n) is 4.02. The van der Waals surface area contributed by atoms with Gasteiger partial charge in [-0.2, -0.15) is 4.98 Å². The fraction of sp³-hybridized carbons (Fsp3) is 0.143. The molecule has 0 bridgehead atoms. The summed E-state index contributed by atoms with van der Waals surface area (Å²) in [6, 6.07) is 7.74. The van der Waals surface area contributed by atoms with Crippen LogP contribution in [-0.2, 0) is 0 Å². The molecule has 2 aromatic rings. The quantitative estimate of drug-likeness (QED) is 0.816. The molecule has 0 atom stereocenters. The Bertz CT molecular complexity index is 628. The first-order chi connectivity index (χ1) is 9.61. The Morgan fingerprint density at radius 2 is 2.05 bits per heavy atom. The highest BCUT2D eigenvalue weighted by Gasteiger charge is 2.09. The van der Waals surface area contributed by atoms with Crippen molar-refractivity contribution >= 4 is 40.4 Å². The van der Waals surface area contributed by atoms with E-state index in [1.165, 1.54) is 6.20 Å². The summed E-state index contributed by atoms with van der Waals surface area (Å²) in [7, 11) is 0. The molecule has 0 fully saturated rings. The zero-order chi connectivity index (χ0) is 14.5. The van der Waals surface area contributed by atoms with Crippen LogP contribution in [0.5, 0.6) is 0 Å². The van der Waals surface area contributed by atoms with E-state index in [9.17, 15) is 0 Å². The van der Waals surface area contributed by atoms with Gasteiger partial charge >= 0.3 is 0 Å². The van der Waals surface area contributed by atoms with E-state index in [4.69, 9.17) is 23.2 Å². The van der Waals surface area contributed by atoms with E-state index in [1.54, 1.807) is 0 Å². The second kappa shape index (κ2) is 6.59. The fourth-order valence-electron chi connectivity index (χ4n) is 1.72. The summed E-state index contributed by atoms with van der Waals surface area (Å²) < 4.78 is 0. The molecule has 0 unspecified atom stereocenters. The van der Waals surface area contributed by atoms with Gasteiger partial charge in [0.25, 0.3) is 0 Å². The van der Waals surface area contributed by atoms with Crippen LogP contribution in [0.25, 0.3) is 5.70 Å². The lowest BCUT2D eigenvalue weighted by atomic mass is 10.1. The van der Waals surface area contributed by atoms with Gasteiger partial charge in [0.1, 0.15) is 5.02 Å². The van der Waals surface area contributed by atoms with Crippen molar-refractivity contribution in [1.29, 1.82) is 0 Å². The van der Waals surface area contributed by atoms with Crippen molar-refractivity contribution in [3.63, 3.8) is 0 Å². The van der Waals surface area contributed by atoms with Crippen LogP contribution in [0, 0.1) is 0 Å². The van der Waals surface area contributed by atoms with Crippen LogP contribution in [0.1, 0.15) is 12.5 Å². The standard InChI is InChI=1S/C14H14Cl2N4/c1-3-17-9(2)10-6-4-5-7-12(10)19-13-11(15)8-18-14(16)20-13/h4-8,17H,2-3H2,1H3,(H,18,19,20). The number of nitrogens with one attached hydrogen (secondary N) is 2. The number of anilines is 2. The van der Waals surface area contributed by atoms with Crippen molar-refractivity contribution in [3.05, 3.63) is 52.9 Å². The third kappa shape index (κ3) is 3.40. The molecule has 1 heterocycles.